The molecular formula is C13H14Br2O3. The molecule has 1 unspecified atom stereocenters. The average molecular weight is 378 g/mol. The third-order valence-electron chi connectivity index (χ3n) is 2.40. The molecule has 98 valence electrons. The molecule has 0 amide bonds. The lowest BCUT2D eigenvalue weighted by Gasteiger charge is -2.13. The van der Waals surface area contributed by atoms with E-state index in [-0.39, 0.29) is 5.78 Å². The molecular weight excluding hydrogens is 364 g/mol. The van der Waals surface area contributed by atoms with Crippen molar-refractivity contribution in [1.82, 2.24) is 0 Å². The molecule has 0 spiro atoms. The SMILES string of the molecule is CCOC(=O)c1ccc(CBr)cc1C(Br)C(C)=O. The number of carbonyl (C=O) groups excluding carboxylic acids is 2. The molecule has 0 heterocycles. The maximum Gasteiger partial charge on any atom is 0.338 e. The van der Waals surface area contributed by atoms with Gasteiger partial charge in [-0.2, -0.15) is 0 Å². The van der Waals surface area contributed by atoms with Crippen LogP contribution < -0.4 is 0 Å². The minimum atomic E-state index is -0.490. The van der Waals surface area contributed by atoms with E-state index in [1.807, 2.05) is 12.1 Å². The summed E-state index contributed by atoms with van der Waals surface area (Å²) in [5, 5.41) is 0.667. The fraction of sp³-hybridized carbons (Fsp3) is 0.385. The second kappa shape index (κ2) is 7.04. The molecule has 0 N–H and O–H groups in total. The topological polar surface area (TPSA) is 43.4 Å². The standard InChI is InChI=1S/C13H14Br2O3/c1-3-18-13(17)10-5-4-9(7-14)6-11(10)12(15)8(2)16/h4-6,12H,3,7H2,1-2H3. The van der Waals surface area contributed by atoms with Crippen LogP contribution in [0.4, 0.5) is 0 Å². The van der Waals surface area contributed by atoms with Gasteiger partial charge in [0.1, 0.15) is 5.78 Å². The zero-order valence-corrected chi connectivity index (χ0v) is 13.4. The highest BCUT2D eigenvalue weighted by atomic mass is 79.9. The van der Waals surface area contributed by atoms with E-state index < -0.39 is 10.8 Å². The van der Waals surface area contributed by atoms with E-state index in [9.17, 15) is 9.59 Å². The van der Waals surface area contributed by atoms with Gasteiger partial charge in [-0.25, -0.2) is 4.79 Å². The Morgan fingerprint density at radius 2 is 2.06 bits per heavy atom. The summed E-state index contributed by atoms with van der Waals surface area (Å²) < 4.78 is 4.99. The molecule has 5 heteroatoms. The first-order chi connectivity index (χ1) is 8.51. The average Bonchev–Trinajstić information content (AvgIpc) is 2.37. The fourth-order valence-electron chi connectivity index (χ4n) is 1.52. The number of Topliss-reactive ketones (excluding diaryl/α,β-unsaturated/α-hetero) is 1. The number of esters is 1. The molecule has 0 saturated carbocycles. The van der Waals surface area contributed by atoms with Crippen LogP contribution in [0.3, 0.4) is 0 Å². The molecule has 3 nitrogen and oxygen atoms in total. The predicted octanol–water partition coefficient (Wildman–Crippen LogP) is 3.78. The summed E-state index contributed by atoms with van der Waals surface area (Å²) in [6.45, 7) is 3.54. The summed E-state index contributed by atoms with van der Waals surface area (Å²) >= 11 is 6.67. The van der Waals surface area contributed by atoms with E-state index in [1.165, 1.54) is 6.92 Å². The third kappa shape index (κ3) is 3.65. The van der Waals surface area contributed by atoms with E-state index in [0.29, 0.717) is 23.1 Å². The third-order valence-corrected chi connectivity index (χ3v) is 4.18. The molecule has 0 aromatic heterocycles. The maximum absolute atomic E-state index is 11.8. The first-order valence-corrected chi connectivity index (χ1v) is 7.55. The highest BCUT2D eigenvalue weighted by Crippen LogP contribution is 2.29. The first kappa shape index (κ1) is 15.4. The Hall–Kier alpha value is -0.680. The zero-order valence-electron chi connectivity index (χ0n) is 10.2. The normalized spacial score (nSPS) is 12.0. The van der Waals surface area contributed by atoms with Gasteiger partial charge in [-0.3, -0.25) is 4.79 Å². The van der Waals surface area contributed by atoms with Crippen LogP contribution in [0.1, 0.15) is 40.2 Å². The van der Waals surface area contributed by atoms with Gasteiger partial charge in [-0.1, -0.05) is 44.0 Å². The summed E-state index contributed by atoms with van der Waals surface area (Å²) in [5.74, 6) is -0.452. The molecule has 0 aliphatic rings. The number of ketones is 1. The number of halogens is 2. The van der Waals surface area contributed by atoms with Gasteiger partial charge in [0.25, 0.3) is 0 Å². The number of benzene rings is 1. The van der Waals surface area contributed by atoms with Crippen LogP contribution in [0.5, 0.6) is 0 Å². The van der Waals surface area contributed by atoms with Crippen LogP contribution in [0, 0.1) is 0 Å². The maximum atomic E-state index is 11.8. The van der Waals surface area contributed by atoms with Gasteiger partial charge in [-0.15, -0.1) is 0 Å². The molecule has 0 fully saturated rings. The van der Waals surface area contributed by atoms with Crippen LogP contribution in [-0.4, -0.2) is 18.4 Å². The van der Waals surface area contributed by atoms with Crippen LogP contribution in [0.2, 0.25) is 0 Å². The minimum absolute atomic E-state index is 0.0488. The van der Waals surface area contributed by atoms with E-state index in [0.717, 1.165) is 5.56 Å². The van der Waals surface area contributed by atoms with Crippen molar-refractivity contribution in [2.45, 2.75) is 24.0 Å². The van der Waals surface area contributed by atoms with Gasteiger partial charge < -0.3 is 4.74 Å². The predicted molar refractivity (Wildman–Crippen MR) is 77.4 cm³/mol. The van der Waals surface area contributed by atoms with Gasteiger partial charge in [0.15, 0.2) is 0 Å². The van der Waals surface area contributed by atoms with Crippen molar-refractivity contribution >= 4 is 43.6 Å². The molecule has 0 aliphatic heterocycles. The molecule has 1 atom stereocenters. The highest BCUT2D eigenvalue weighted by Gasteiger charge is 2.21. The molecule has 0 radical (unpaired) electrons. The molecule has 0 aliphatic carbocycles. The quantitative estimate of drug-likeness (QED) is 0.579. The summed E-state index contributed by atoms with van der Waals surface area (Å²) in [7, 11) is 0. The molecule has 1 aromatic rings. The lowest BCUT2D eigenvalue weighted by Crippen LogP contribution is -2.12. The van der Waals surface area contributed by atoms with Gasteiger partial charge in [0.05, 0.1) is 17.0 Å². The monoisotopic (exact) mass is 376 g/mol. The lowest BCUT2D eigenvalue weighted by molar-refractivity contribution is -0.116. The molecule has 18 heavy (non-hydrogen) atoms. The Balaban J connectivity index is 3.24. The number of hydrogen-bond acceptors (Lipinski definition) is 3. The number of carbonyl (C=O) groups is 2. The molecule has 1 aromatic carbocycles. The summed E-state index contributed by atoms with van der Waals surface area (Å²) in [6.07, 6.45) is 0. The van der Waals surface area contributed by atoms with E-state index in [1.54, 1.807) is 13.0 Å². The van der Waals surface area contributed by atoms with E-state index in [2.05, 4.69) is 31.9 Å². The largest absolute Gasteiger partial charge is 0.462 e. The number of hydrogen-bond donors (Lipinski definition) is 0. The van der Waals surface area contributed by atoms with Crippen LogP contribution >= 0.6 is 31.9 Å². The smallest absolute Gasteiger partial charge is 0.338 e. The first-order valence-electron chi connectivity index (χ1n) is 5.51. The second-order valence-electron chi connectivity index (χ2n) is 3.75. The van der Waals surface area contributed by atoms with E-state index in [4.69, 9.17) is 4.74 Å². The minimum Gasteiger partial charge on any atom is -0.462 e. The zero-order chi connectivity index (χ0) is 13.7. The van der Waals surface area contributed by atoms with Gasteiger partial charge in [-0.05, 0) is 31.0 Å². The lowest BCUT2D eigenvalue weighted by atomic mass is 10.00. The molecule has 0 bridgehead atoms. The van der Waals surface area contributed by atoms with Crippen LogP contribution in [-0.2, 0) is 14.9 Å². The van der Waals surface area contributed by atoms with Gasteiger partial charge in [0, 0.05) is 5.33 Å². The summed E-state index contributed by atoms with van der Waals surface area (Å²) in [6, 6.07) is 5.37. The highest BCUT2D eigenvalue weighted by molar-refractivity contribution is 9.09. The van der Waals surface area contributed by atoms with Gasteiger partial charge in [0.2, 0.25) is 0 Å². The van der Waals surface area contributed by atoms with Crippen molar-refractivity contribution in [1.29, 1.82) is 0 Å². The van der Waals surface area contributed by atoms with Gasteiger partial charge >= 0.3 is 5.97 Å². The Morgan fingerprint density at radius 3 is 2.56 bits per heavy atom. The number of alkyl halides is 2. The Bertz CT molecular complexity index is 458. The van der Waals surface area contributed by atoms with Crippen LogP contribution in [0.15, 0.2) is 18.2 Å². The van der Waals surface area contributed by atoms with Crippen molar-refractivity contribution in [2.24, 2.45) is 0 Å². The van der Waals surface area contributed by atoms with Crippen molar-refractivity contribution < 1.29 is 14.3 Å². The Morgan fingerprint density at radius 1 is 1.39 bits per heavy atom. The number of rotatable bonds is 5. The fourth-order valence-corrected chi connectivity index (χ4v) is 2.25. The number of ether oxygens (including phenoxy) is 1. The van der Waals surface area contributed by atoms with E-state index >= 15 is 0 Å². The molecule has 1 rings (SSSR count). The van der Waals surface area contributed by atoms with Crippen molar-refractivity contribution in [3.63, 3.8) is 0 Å². The van der Waals surface area contributed by atoms with Crippen molar-refractivity contribution in [3.8, 4) is 0 Å². The molecule has 0 saturated heterocycles. The summed E-state index contributed by atoms with van der Waals surface area (Å²) in [5.41, 5.74) is 2.08. The van der Waals surface area contributed by atoms with Crippen LogP contribution in [0.25, 0.3) is 0 Å². The van der Waals surface area contributed by atoms with Crippen molar-refractivity contribution in [3.05, 3.63) is 34.9 Å². The Kier molecular flexibility index (Phi) is 6.02. The second-order valence-corrected chi connectivity index (χ2v) is 5.23. The van der Waals surface area contributed by atoms with Crippen molar-refractivity contribution in [2.75, 3.05) is 6.61 Å². The Labute approximate surface area is 123 Å². The summed E-state index contributed by atoms with van der Waals surface area (Å²) in [4.78, 5) is 22.8.